The highest BCUT2D eigenvalue weighted by atomic mass is 19.1. The average Bonchev–Trinajstić information content (AvgIpc) is 4.09. The van der Waals surface area contributed by atoms with Crippen LogP contribution in [0.25, 0.3) is 0 Å². The van der Waals surface area contributed by atoms with E-state index in [0.29, 0.717) is 31.6 Å². The third-order valence-electron chi connectivity index (χ3n) is 17.2. The highest BCUT2D eigenvalue weighted by molar-refractivity contribution is 5.73. The number of likely N-dealkylation sites (N-methyl/N-ethyl adjacent to an activating group) is 2. The number of methoxy groups -OCH3 is 2. The van der Waals surface area contributed by atoms with Crippen molar-refractivity contribution in [3.63, 3.8) is 0 Å². The van der Waals surface area contributed by atoms with Gasteiger partial charge in [-0.1, -0.05) is 38.1 Å². The van der Waals surface area contributed by atoms with E-state index in [1.54, 1.807) is 61.8 Å². The summed E-state index contributed by atoms with van der Waals surface area (Å²) in [5.41, 5.74) is -1.97. The van der Waals surface area contributed by atoms with Crippen LogP contribution in [0.15, 0.2) is 30.5 Å². The molecular formula is C55H93FN6O13. The van der Waals surface area contributed by atoms with Gasteiger partial charge in [0.25, 0.3) is 0 Å². The van der Waals surface area contributed by atoms with Gasteiger partial charge >= 0.3 is 5.97 Å². The van der Waals surface area contributed by atoms with E-state index in [-0.39, 0.29) is 25.2 Å². The standard InChI is InChI=1S/C55H93FN6O13/c1-15-43-55(10,68)48(64)36(6)60(12)30-32(2)27-53(8,67)50(34(4)46(35(5)51(66)73-43)74-44-28-54(9,70-14)49(65)37(7)72-44)75-52-45(63)41(26-33(3)71-52)59(11)25-22-39-31-62(58-57-39)42(29-56)47(69-13)38-18-20-40(21-19-38)61-23-16-17-24-61/h18-21,31-37,41-50,52,63-65,67-68H,15-17,22-30H2,1-14H3/t32-,33-,34+,35-,36-,37+,41+,42-,43-,44+,45-,46+,47-,48-,49+,50-,52+,53-,54-,55-/m1/s1. The summed E-state index contributed by atoms with van der Waals surface area (Å²) in [5.74, 6) is -2.85. The summed E-state index contributed by atoms with van der Waals surface area (Å²) in [7, 11) is 6.80. The Labute approximate surface area is 445 Å². The Morgan fingerprint density at radius 2 is 1.61 bits per heavy atom. The Morgan fingerprint density at radius 3 is 2.23 bits per heavy atom. The fourth-order valence-electron chi connectivity index (χ4n) is 12.4. The van der Waals surface area contributed by atoms with Gasteiger partial charge in [-0.3, -0.25) is 4.79 Å². The van der Waals surface area contributed by atoms with Gasteiger partial charge in [-0.2, -0.15) is 0 Å². The fourth-order valence-corrected chi connectivity index (χ4v) is 12.4. The van der Waals surface area contributed by atoms with E-state index in [1.807, 2.05) is 49.9 Å². The number of aliphatic hydroxyl groups is 5. The summed E-state index contributed by atoms with van der Waals surface area (Å²) in [6.45, 7) is 19.7. The molecular weight excluding hydrogens is 972 g/mol. The molecule has 0 radical (unpaired) electrons. The Balaban J connectivity index is 1.25. The van der Waals surface area contributed by atoms with Crippen molar-refractivity contribution in [1.82, 2.24) is 24.8 Å². The smallest absolute Gasteiger partial charge is 0.311 e. The molecule has 0 amide bonds. The van der Waals surface area contributed by atoms with Crippen molar-refractivity contribution in [2.75, 3.05) is 66.1 Å². The minimum Gasteiger partial charge on any atom is -0.459 e. The number of hydrogen-bond acceptors (Lipinski definition) is 18. The molecule has 4 aliphatic heterocycles. The van der Waals surface area contributed by atoms with Gasteiger partial charge in [0.15, 0.2) is 12.6 Å². The second-order valence-electron chi connectivity index (χ2n) is 23.3. The number of aliphatic hydroxyl groups excluding tert-OH is 3. The summed E-state index contributed by atoms with van der Waals surface area (Å²) < 4.78 is 60.7. The largest absolute Gasteiger partial charge is 0.459 e. The van der Waals surface area contributed by atoms with Crippen molar-refractivity contribution >= 4 is 11.7 Å². The summed E-state index contributed by atoms with van der Waals surface area (Å²) >= 11 is 0. The molecule has 428 valence electrons. The van der Waals surface area contributed by atoms with Gasteiger partial charge in [-0.15, -0.1) is 5.10 Å². The Kier molecular flexibility index (Phi) is 21.1. The first-order valence-electron chi connectivity index (χ1n) is 27.4. The molecule has 2 aromatic rings. The highest BCUT2D eigenvalue weighted by Crippen LogP contribution is 2.41. The number of cyclic esters (lactones) is 1. The predicted octanol–water partition coefficient (Wildman–Crippen LogP) is 4.60. The molecule has 1 aromatic heterocycles. The van der Waals surface area contributed by atoms with E-state index in [4.69, 9.17) is 33.2 Å². The first-order chi connectivity index (χ1) is 35.3. The molecule has 0 saturated carbocycles. The van der Waals surface area contributed by atoms with E-state index in [2.05, 4.69) is 27.3 Å². The van der Waals surface area contributed by atoms with Gasteiger partial charge in [0.1, 0.15) is 48.8 Å². The number of aromatic nitrogens is 3. The molecule has 6 rings (SSSR count). The van der Waals surface area contributed by atoms with Crippen LogP contribution in [0.4, 0.5) is 10.1 Å². The summed E-state index contributed by atoms with van der Waals surface area (Å²) in [4.78, 5) is 20.8. The average molecular weight is 1070 g/mol. The molecule has 20 heteroatoms. The van der Waals surface area contributed by atoms with Gasteiger partial charge in [-0.25, -0.2) is 9.07 Å². The van der Waals surface area contributed by atoms with Crippen LogP contribution in [0.2, 0.25) is 0 Å². The minimum atomic E-state index is -1.85. The maximum absolute atomic E-state index is 14.9. The summed E-state index contributed by atoms with van der Waals surface area (Å²) in [6, 6.07) is 6.28. The number of nitrogens with zero attached hydrogens (tertiary/aromatic N) is 6. The second kappa shape index (κ2) is 25.9. The zero-order valence-electron chi connectivity index (χ0n) is 47.3. The van der Waals surface area contributed by atoms with Crippen molar-refractivity contribution in [3.8, 4) is 0 Å². The highest BCUT2D eigenvalue weighted by Gasteiger charge is 2.53. The molecule has 19 nitrogen and oxygen atoms in total. The minimum absolute atomic E-state index is 0.0888. The van der Waals surface area contributed by atoms with Crippen molar-refractivity contribution in [3.05, 3.63) is 41.7 Å². The van der Waals surface area contributed by atoms with Crippen molar-refractivity contribution in [2.45, 2.75) is 217 Å². The molecule has 4 aliphatic rings. The molecule has 5 N–H and O–H groups in total. The van der Waals surface area contributed by atoms with Crippen molar-refractivity contribution < 1.29 is 67.9 Å². The fraction of sp³-hybridized carbons (Fsp3) is 0.836. The number of carbonyl (C=O) groups is 1. The maximum atomic E-state index is 14.9. The Bertz CT molecular complexity index is 2080. The topological polar surface area (TPSA) is 223 Å². The first-order valence-corrected chi connectivity index (χ1v) is 27.4. The monoisotopic (exact) mass is 1060 g/mol. The zero-order chi connectivity index (χ0) is 55.3. The van der Waals surface area contributed by atoms with Crippen molar-refractivity contribution in [1.29, 1.82) is 0 Å². The number of ether oxygens (including phenoxy) is 7. The number of anilines is 1. The van der Waals surface area contributed by atoms with Gasteiger partial charge < -0.3 is 73.4 Å². The van der Waals surface area contributed by atoms with Crippen LogP contribution >= 0.6 is 0 Å². The third-order valence-corrected chi connectivity index (χ3v) is 17.2. The van der Waals surface area contributed by atoms with Crippen LogP contribution in [0.5, 0.6) is 0 Å². The predicted molar refractivity (Wildman–Crippen MR) is 279 cm³/mol. The lowest BCUT2D eigenvalue weighted by molar-refractivity contribution is -0.318. The summed E-state index contributed by atoms with van der Waals surface area (Å²) in [6.07, 6.45) is -5.46. The third kappa shape index (κ3) is 14.1. The molecule has 20 atom stereocenters. The second-order valence-corrected chi connectivity index (χ2v) is 23.3. The molecule has 0 unspecified atom stereocenters. The van der Waals surface area contributed by atoms with Crippen LogP contribution < -0.4 is 4.90 Å². The molecule has 1 aromatic carbocycles. The van der Waals surface area contributed by atoms with Crippen molar-refractivity contribution in [2.24, 2.45) is 17.8 Å². The molecule has 5 heterocycles. The lowest BCUT2D eigenvalue weighted by Crippen LogP contribution is -2.61. The lowest BCUT2D eigenvalue weighted by atomic mass is 9.77. The van der Waals surface area contributed by atoms with E-state index in [0.717, 1.165) is 24.3 Å². The number of hydrogen-bond donors (Lipinski definition) is 5. The van der Waals surface area contributed by atoms with Gasteiger partial charge in [0.05, 0.1) is 47.2 Å². The molecule has 75 heavy (non-hydrogen) atoms. The number of benzene rings is 1. The molecule has 0 bridgehead atoms. The number of carbonyl (C=O) groups excluding carboxylic acids is 1. The van der Waals surface area contributed by atoms with Crippen LogP contribution in [0, 0.1) is 17.8 Å². The SMILES string of the molecule is CC[C@H]1OC(=O)[C@H](C)[C@@H](O[C@H]2C[C@@](C)(OC)[C@@H](O)[C@H](C)O2)[C@H](C)[C@@H](O[C@@H]2O[C@H](C)C[C@H](N(C)CCc3cn([C@H](CF)[C@H](OC)c4ccc(N5CCCC5)cc4)nn3)[C@H]2O)[C@](C)(O)C[C@@H](C)CN(C)[C@H](C)[C@@H](O)[C@]1(C)O. The zero-order valence-corrected chi connectivity index (χ0v) is 47.3. The molecule has 0 aliphatic carbocycles. The van der Waals surface area contributed by atoms with Crippen LogP contribution in [-0.4, -0.2) is 208 Å². The van der Waals surface area contributed by atoms with Crippen LogP contribution in [0.3, 0.4) is 0 Å². The molecule has 4 fully saturated rings. The molecule has 0 spiro atoms. The number of esters is 1. The maximum Gasteiger partial charge on any atom is 0.311 e. The summed E-state index contributed by atoms with van der Waals surface area (Å²) in [5, 5.41) is 68.7. The van der Waals surface area contributed by atoms with Crippen LogP contribution in [0.1, 0.15) is 131 Å². The quantitative estimate of drug-likeness (QED) is 0.145. The normalized spacial score (nSPS) is 40.0. The number of rotatable bonds is 16. The van der Waals surface area contributed by atoms with E-state index in [1.165, 1.54) is 31.6 Å². The first kappa shape index (κ1) is 61.3. The Hall–Kier alpha value is -2.96. The van der Waals surface area contributed by atoms with E-state index >= 15 is 0 Å². The molecule has 4 saturated heterocycles. The van der Waals surface area contributed by atoms with Crippen LogP contribution in [-0.2, 0) is 44.4 Å². The lowest BCUT2D eigenvalue weighted by Gasteiger charge is -2.49. The van der Waals surface area contributed by atoms with E-state index in [9.17, 15) is 34.7 Å². The van der Waals surface area contributed by atoms with Gasteiger partial charge in [0, 0.05) is 83.1 Å². The van der Waals surface area contributed by atoms with Gasteiger partial charge in [0.2, 0.25) is 0 Å². The number of halogens is 1. The Morgan fingerprint density at radius 1 is 0.947 bits per heavy atom. The number of alkyl halides is 1. The van der Waals surface area contributed by atoms with Gasteiger partial charge in [-0.05, 0) is 118 Å². The van der Waals surface area contributed by atoms with E-state index < -0.39 is 127 Å².